The zero-order chi connectivity index (χ0) is 11.4. The van der Waals surface area contributed by atoms with Crippen LogP contribution in [0.4, 0.5) is 0 Å². The van der Waals surface area contributed by atoms with Crippen LogP contribution < -0.4 is 5.32 Å². The van der Waals surface area contributed by atoms with Gasteiger partial charge in [-0.25, -0.2) is 0 Å². The summed E-state index contributed by atoms with van der Waals surface area (Å²) in [6.45, 7) is 4.49. The molecule has 1 saturated carbocycles. The fraction of sp³-hybridized carbons (Fsp3) is 0.600. The summed E-state index contributed by atoms with van der Waals surface area (Å²) in [5, 5.41) is 3.73. The molecule has 0 spiro atoms. The van der Waals surface area contributed by atoms with Gasteiger partial charge in [-0.1, -0.05) is 57.0 Å². The van der Waals surface area contributed by atoms with Gasteiger partial charge in [0.05, 0.1) is 0 Å². The average molecular weight is 254 g/mol. The summed E-state index contributed by atoms with van der Waals surface area (Å²) in [5.41, 5.74) is 1.51. The maximum atomic E-state index is 3.73. The van der Waals surface area contributed by atoms with Gasteiger partial charge in [-0.05, 0) is 24.3 Å². The van der Waals surface area contributed by atoms with E-state index in [4.69, 9.17) is 0 Å². The molecule has 0 unspecified atom stereocenters. The average Bonchev–Trinajstić information content (AvgIpc) is 2.30. The largest absolute Gasteiger partial charge is 0.311 e. The van der Waals surface area contributed by atoms with E-state index in [1.807, 2.05) is 0 Å². The quantitative estimate of drug-likeness (QED) is 0.854. The highest BCUT2D eigenvalue weighted by molar-refractivity contribution is 5.85. The molecule has 1 aromatic rings. The Morgan fingerprint density at radius 2 is 1.71 bits per heavy atom. The lowest BCUT2D eigenvalue weighted by Crippen LogP contribution is -2.41. The summed E-state index contributed by atoms with van der Waals surface area (Å²) in [4.78, 5) is 0. The summed E-state index contributed by atoms with van der Waals surface area (Å²) in [6.07, 6.45) is 5.44. The first-order valence-corrected chi connectivity index (χ1v) is 6.58. The van der Waals surface area contributed by atoms with Gasteiger partial charge in [-0.2, -0.15) is 0 Å². The molecule has 0 aromatic heterocycles. The lowest BCUT2D eigenvalue weighted by molar-refractivity contribution is 0.310. The van der Waals surface area contributed by atoms with Crippen LogP contribution >= 0.6 is 12.4 Å². The zero-order valence-electron chi connectivity index (χ0n) is 10.9. The smallest absolute Gasteiger partial charge is 0.0138 e. The maximum absolute atomic E-state index is 3.73. The minimum absolute atomic E-state index is 0. The fourth-order valence-electron chi connectivity index (χ4n) is 2.86. The Balaban J connectivity index is 0.00000144. The van der Waals surface area contributed by atoms with Crippen LogP contribution in [0.5, 0.6) is 0 Å². The Kier molecular flexibility index (Phi) is 6.01. The molecule has 0 saturated heterocycles. The van der Waals surface area contributed by atoms with Gasteiger partial charge in [-0.15, -0.1) is 12.4 Å². The van der Waals surface area contributed by atoms with E-state index in [0.29, 0.717) is 12.1 Å². The van der Waals surface area contributed by atoms with E-state index in [0.717, 1.165) is 5.92 Å². The molecule has 96 valence electrons. The maximum Gasteiger partial charge on any atom is 0.0138 e. The van der Waals surface area contributed by atoms with E-state index in [9.17, 15) is 0 Å². The van der Waals surface area contributed by atoms with Crippen molar-refractivity contribution in [2.75, 3.05) is 0 Å². The van der Waals surface area contributed by atoms with Crippen molar-refractivity contribution in [2.24, 2.45) is 0 Å². The molecule has 1 aromatic carbocycles. The molecule has 2 atom stereocenters. The van der Waals surface area contributed by atoms with Gasteiger partial charge in [0.25, 0.3) is 0 Å². The number of halogens is 1. The van der Waals surface area contributed by atoms with Gasteiger partial charge in [0.1, 0.15) is 0 Å². The molecule has 17 heavy (non-hydrogen) atoms. The minimum Gasteiger partial charge on any atom is -0.311 e. The monoisotopic (exact) mass is 253 g/mol. The third-order valence-electron chi connectivity index (χ3n) is 3.54. The standard InChI is InChI=1S/C15H23N.ClH/c1-12(2)16-15-11-7-6-10-14(15)13-8-4-3-5-9-13;/h3-5,8-9,12,14-16H,6-7,10-11H2,1-2H3;1H/t14-,15-;/m1./s1. The lowest BCUT2D eigenvalue weighted by Gasteiger charge is -2.34. The molecule has 1 nitrogen and oxygen atoms in total. The van der Waals surface area contributed by atoms with E-state index in [2.05, 4.69) is 49.5 Å². The second kappa shape index (κ2) is 7.03. The second-order valence-electron chi connectivity index (χ2n) is 5.23. The number of hydrogen-bond acceptors (Lipinski definition) is 1. The molecular weight excluding hydrogens is 230 g/mol. The topological polar surface area (TPSA) is 12.0 Å². The second-order valence-corrected chi connectivity index (χ2v) is 5.23. The van der Waals surface area contributed by atoms with Crippen LogP contribution in [0.2, 0.25) is 0 Å². The molecule has 0 amide bonds. The van der Waals surface area contributed by atoms with Gasteiger partial charge < -0.3 is 5.32 Å². The van der Waals surface area contributed by atoms with Crippen molar-refractivity contribution in [3.8, 4) is 0 Å². The van der Waals surface area contributed by atoms with Crippen LogP contribution in [-0.4, -0.2) is 12.1 Å². The molecular formula is C15H24ClN. The predicted molar refractivity (Wildman–Crippen MR) is 77.0 cm³/mol. The Morgan fingerprint density at radius 3 is 2.35 bits per heavy atom. The van der Waals surface area contributed by atoms with Crippen molar-refractivity contribution in [2.45, 2.75) is 57.5 Å². The molecule has 0 heterocycles. The highest BCUT2D eigenvalue weighted by atomic mass is 35.5. The first-order chi connectivity index (χ1) is 7.77. The third kappa shape index (κ3) is 4.01. The van der Waals surface area contributed by atoms with Crippen LogP contribution in [-0.2, 0) is 0 Å². The Morgan fingerprint density at radius 1 is 1.06 bits per heavy atom. The van der Waals surface area contributed by atoms with Gasteiger partial charge >= 0.3 is 0 Å². The number of rotatable bonds is 3. The van der Waals surface area contributed by atoms with Crippen molar-refractivity contribution in [3.05, 3.63) is 35.9 Å². The van der Waals surface area contributed by atoms with Crippen LogP contribution in [0.1, 0.15) is 51.0 Å². The van der Waals surface area contributed by atoms with Crippen LogP contribution in [0, 0.1) is 0 Å². The van der Waals surface area contributed by atoms with Gasteiger partial charge in [0, 0.05) is 12.1 Å². The fourth-order valence-corrected chi connectivity index (χ4v) is 2.86. The first kappa shape index (κ1) is 14.5. The number of hydrogen-bond donors (Lipinski definition) is 1. The Hall–Kier alpha value is -0.530. The van der Waals surface area contributed by atoms with Crippen molar-refractivity contribution in [1.82, 2.24) is 5.32 Å². The van der Waals surface area contributed by atoms with Gasteiger partial charge in [0.15, 0.2) is 0 Å². The Labute approximate surface area is 111 Å². The van der Waals surface area contributed by atoms with Crippen LogP contribution in [0.15, 0.2) is 30.3 Å². The van der Waals surface area contributed by atoms with E-state index in [1.54, 1.807) is 0 Å². The summed E-state index contributed by atoms with van der Waals surface area (Å²) >= 11 is 0. The molecule has 1 N–H and O–H groups in total. The molecule has 2 heteroatoms. The van der Waals surface area contributed by atoms with E-state index >= 15 is 0 Å². The van der Waals surface area contributed by atoms with Crippen LogP contribution in [0.25, 0.3) is 0 Å². The molecule has 1 aliphatic carbocycles. The van der Waals surface area contributed by atoms with Crippen molar-refractivity contribution >= 4 is 12.4 Å². The highest BCUT2D eigenvalue weighted by Gasteiger charge is 2.26. The van der Waals surface area contributed by atoms with Crippen LogP contribution in [0.3, 0.4) is 0 Å². The lowest BCUT2D eigenvalue weighted by atomic mass is 9.80. The van der Waals surface area contributed by atoms with Crippen molar-refractivity contribution in [1.29, 1.82) is 0 Å². The summed E-state index contributed by atoms with van der Waals surface area (Å²) in [5.74, 6) is 0.720. The van der Waals surface area contributed by atoms with E-state index < -0.39 is 0 Å². The van der Waals surface area contributed by atoms with E-state index in [-0.39, 0.29) is 12.4 Å². The van der Waals surface area contributed by atoms with E-state index in [1.165, 1.54) is 31.2 Å². The molecule has 0 radical (unpaired) electrons. The van der Waals surface area contributed by atoms with Crippen molar-refractivity contribution in [3.63, 3.8) is 0 Å². The molecule has 1 fully saturated rings. The normalized spacial score (nSPS) is 24.4. The summed E-state index contributed by atoms with van der Waals surface area (Å²) in [6, 6.07) is 12.3. The summed E-state index contributed by atoms with van der Waals surface area (Å²) in [7, 11) is 0. The molecule has 0 aliphatic heterocycles. The van der Waals surface area contributed by atoms with Gasteiger partial charge in [-0.3, -0.25) is 0 Å². The molecule has 0 bridgehead atoms. The predicted octanol–water partition coefficient (Wildman–Crippen LogP) is 4.13. The highest BCUT2D eigenvalue weighted by Crippen LogP contribution is 2.33. The van der Waals surface area contributed by atoms with Gasteiger partial charge in [0.2, 0.25) is 0 Å². The SMILES string of the molecule is CC(C)N[C@@H]1CCCC[C@@H]1c1ccccc1.Cl. The van der Waals surface area contributed by atoms with Crippen molar-refractivity contribution < 1.29 is 0 Å². The zero-order valence-corrected chi connectivity index (χ0v) is 11.7. The number of nitrogens with one attached hydrogen (secondary N) is 1. The number of benzene rings is 1. The summed E-state index contributed by atoms with van der Waals surface area (Å²) < 4.78 is 0. The first-order valence-electron chi connectivity index (χ1n) is 6.58. The molecule has 1 aliphatic rings. The Bertz CT molecular complexity index is 310. The third-order valence-corrected chi connectivity index (χ3v) is 3.54. The minimum atomic E-state index is 0. The molecule has 2 rings (SSSR count).